The predicted octanol–water partition coefficient (Wildman–Crippen LogP) is 1.66. The van der Waals surface area contributed by atoms with Gasteiger partial charge in [-0.2, -0.15) is 0 Å². The zero-order valence-corrected chi connectivity index (χ0v) is 14.1. The van der Waals surface area contributed by atoms with Gasteiger partial charge >= 0.3 is 0 Å². The molecule has 2 atom stereocenters. The van der Waals surface area contributed by atoms with Crippen molar-refractivity contribution in [3.63, 3.8) is 0 Å². The number of aliphatic hydroxyl groups excluding tert-OH is 1. The summed E-state index contributed by atoms with van der Waals surface area (Å²) < 4.78 is 13.8. The van der Waals surface area contributed by atoms with Crippen LogP contribution in [0.15, 0.2) is 42.6 Å². The van der Waals surface area contributed by atoms with E-state index in [1.165, 1.54) is 23.2 Å². The molecule has 2 heterocycles. The third kappa shape index (κ3) is 3.72. The third-order valence-corrected chi connectivity index (χ3v) is 4.58. The van der Waals surface area contributed by atoms with Crippen LogP contribution in [0.25, 0.3) is 11.3 Å². The number of nitrogens with zero attached hydrogens (tertiary/aromatic N) is 2. The second-order valence-electron chi connectivity index (χ2n) is 6.20. The van der Waals surface area contributed by atoms with E-state index in [0.29, 0.717) is 30.5 Å². The van der Waals surface area contributed by atoms with Crippen LogP contribution in [0.5, 0.6) is 0 Å². The van der Waals surface area contributed by atoms with Gasteiger partial charge in [-0.3, -0.25) is 14.6 Å². The molecule has 3 rings (SSSR count). The zero-order chi connectivity index (χ0) is 18.5. The number of benzene rings is 1. The number of likely N-dealkylation sites (tertiary alicyclic amines) is 1. The topological polar surface area (TPSA) is 82.5 Å². The fourth-order valence-electron chi connectivity index (χ4n) is 3.17. The highest BCUT2D eigenvalue weighted by Gasteiger charge is 2.30. The summed E-state index contributed by atoms with van der Waals surface area (Å²) in [5, 5.41) is 12.4. The molecule has 2 aromatic rings. The van der Waals surface area contributed by atoms with Crippen LogP contribution in [-0.2, 0) is 9.59 Å². The van der Waals surface area contributed by atoms with Crippen molar-refractivity contribution in [3.8, 4) is 11.3 Å². The van der Waals surface area contributed by atoms with Crippen molar-refractivity contribution in [2.24, 2.45) is 0 Å². The molecule has 1 aromatic carbocycles. The average molecular weight is 357 g/mol. The average Bonchev–Trinajstić information content (AvgIpc) is 3.15. The Kier molecular flexibility index (Phi) is 5.58. The molecule has 6 nitrogen and oxygen atoms in total. The smallest absolute Gasteiger partial charge is 0.243 e. The highest BCUT2D eigenvalue weighted by atomic mass is 19.1. The zero-order valence-electron chi connectivity index (χ0n) is 14.1. The minimum atomic E-state index is -0.598. The summed E-state index contributed by atoms with van der Waals surface area (Å²) in [5.41, 5.74) is 1.55. The summed E-state index contributed by atoms with van der Waals surface area (Å²) in [4.78, 5) is 28.9. The molecule has 7 heteroatoms. The lowest BCUT2D eigenvalue weighted by Crippen LogP contribution is -2.44. The molecule has 1 aromatic heterocycles. The van der Waals surface area contributed by atoms with Gasteiger partial charge in [0.1, 0.15) is 17.6 Å². The number of aliphatic hydroxyl groups is 1. The molecule has 2 unspecified atom stereocenters. The number of hydrogen-bond donors (Lipinski definition) is 2. The lowest BCUT2D eigenvalue weighted by atomic mass is 10.0. The maximum atomic E-state index is 13.8. The Hall–Kier alpha value is -2.80. The molecule has 0 bridgehead atoms. The summed E-state index contributed by atoms with van der Waals surface area (Å²) in [5.74, 6) is -0.698. The number of hydrogen-bond acceptors (Lipinski definition) is 4. The molecule has 0 radical (unpaired) electrons. The van der Waals surface area contributed by atoms with Gasteiger partial charge in [0.2, 0.25) is 12.3 Å². The molecule has 0 saturated carbocycles. The third-order valence-electron chi connectivity index (χ3n) is 4.58. The van der Waals surface area contributed by atoms with Crippen LogP contribution in [0.3, 0.4) is 0 Å². The van der Waals surface area contributed by atoms with E-state index in [1.54, 1.807) is 24.3 Å². The van der Waals surface area contributed by atoms with Crippen LogP contribution in [0, 0.1) is 5.82 Å². The van der Waals surface area contributed by atoms with Gasteiger partial charge in [-0.05, 0) is 30.5 Å². The molecule has 26 heavy (non-hydrogen) atoms. The maximum Gasteiger partial charge on any atom is 0.243 e. The van der Waals surface area contributed by atoms with Crippen LogP contribution in [0.1, 0.15) is 24.4 Å². The molecule has 1 aliphatic heterocycles. The number of carbonyl (C=O) groups is 2. The summed E-state index contributed by atoms with van der Waals surface area (Å²) in [6.07, 6.45) is 3.59. The Morgan fingerprint density at radius 3 is 2.81 bits per heavy atom. The standard InChI is InChI=1S/C19H20FN3O3/c20-15-3-1-9-21-18(15)14-7-5-13(6-8-14)16(11-24)22-19(26)17-4-2-10-23(17)12-25/h1,3,5-9,12,16-17,24H,2,4,10-11H2,(H,22,26). The van der Waals surface area contributed by atoms with E-state index in [2.05, 4.69) is 10.3 Å². The van der Waals surface area contributed by atoms with E-state index in [0.717, 1.165) is 6.42 Å². The number of amides is 2. The minimum Gasteiger partial charge on any atom is -0.394 e. The Morgan fingerprint density at radius 2 is 2.15 bits per heavy atom. The Balaban J connectivity index is 1.73. The normalized spacial score (nSPS) is 17.8. The van der Waals surface area contributed by atoms with E-state index in [4.69, 9.17) is 0 Å². The summed E-state index contributed by atoms with van der Waals surface area (Å²) >= 11 is 0. The van der Waals surface area contributed by atoms with Crippen molar-refractivity contribution in [1.82, 2.24) is 15.2 Å². The van der Waals surface area contributed by atoms with Crippen LogP contribution in [0.2, 0.25) is 0 Å². The number of halogens is 1. The Labute approximate surface area is 150 Å². The molecule has 0 aliphatic carbocycles. The van der Waals surface area contributed by atoms with Gasteiger partial charge in [0.25, 0.3) is 0 Å². The van der Waals surface area contributed by atoms with Crippen molar-refractivity contribution < 1.29 is 19.1 Å². The van der Waals surface area contributed by atoms with Gasteiger partial charge < -0.3 is 15.3 Å². The lowest BCUT2D eigenvalue weighted by molar-refractivity contribution is -0.131. The molecular formula is C19H20FN3O3. The van der Waals surface area contributed by atoms with Crippen molar-refractivity contribution in [3.05, 3.63) is 54.0 Å². The van der Waals surface area contributed by atoms with Crippen LogP contribution < -0.4 is 5.32 Å². The predicted molar refractivity (Wildman–Crippen MR) is 93.4 cm³/mol. The SMILES string of the molecule is O=CN1CCCC1C(=O)NC(CO)c1ccc(-c2ncccc2F)cc1. The fourth-order valence-corrected chi connectivity index (χ4v) is 3.17. The molecule has 2 amide bonds. The van der Waals surface area contributed by atoms with Crippen molar-refractivity contribution in [2.75, 3.05) is 13.2 Å². The van der Waals surface area contributed by atoms with E-state index in [-0.39, 0.29) is 18.2 Å². The Bertz CT molecular complexity index is 782. The van der Waals surface area contributed by atoms with Crippen molar-refractivity contribution in [2.45, 2.75) is 24.9 Å². The minimum absolute atomic E-state index is 0.246. The van der Waals surface area contributed by atoms with E-state index in [9.17, 15) is 19.1 Å². The quantitative estimate of drug-likeness (QED) is 0.771. The number of nitrogens with one attached hydrogen (secondary N) is 1. The van der Waals surface area contributed by atoms with Crippen LogP contribution in [-0.4, -0.2) is 46.5 Å². The molecule has 1 fully saturated rings. The Morgan fingerprint density at radius 1 is 1.38 bits per heavy atom. The molecule has 136 valence electrons. The largest absolute Gasteiger partial charge is 0.394 e. The van der Waals surface area contributed by atoms with E-state index < -0.39 is 17.9 Å². The summed E-state index contributed by atoms with van der Waals surface area (Å²) in [7, 11) is 0. The molecule has 0 spiro atoms. The number of rotatable bonds is 6. The molecule has 1 saturated heterocycles. The van der Waals surface area contributed by atoms with Gasteiger partial charge in [0, 0.05) is 18.3 Å². The van der Waals surface area contributed by atoms with Crippen LogP contribution >= 0.6 is 0 Å². The first-order chi connectivity index (χ1) is 12.6. The van der Waals surface area contributed by atoms with Crippen molar-refractivity contribution >= 4 is 12.3 Å². The van der Waals surface area contributed by atoms with Crippen LogP contribution in [0.4, 0.5) is 4.39 Å². The molecule has 2 N–H and O–H groups in total. The van der Waals surface area contributed by atoms with Gasteiger partial charge in [0.05, 0.1) is 12.6 Å². The van der Waals surface area contributed by atoms with Gasteiger partial charge in [0.15, 0.2) is 0 Å². The first-order valence-corrected chi connectivity index (χ1v) is 8.47. The second kappa shape index (κ2) is 8.05. The number of carbonyl (C=O) groups excluding carboxylic acids is 2. The first-order valence-electron chi connectivity index (χ1n) is 8.47. The highest BCUT2D eigenvalue weighted by molar-refractivity contribution is 5.84. The number of pyridine rings is 1. The maximum absolute atomic E-state index is 13.8. The first kappa shape index (κ1) is 18.0. The monoisotopic (exact) mass is 357 g/mol. The van der Waals surface area contributed by atoms with E-state index in [1.807, 2.05) is 0 Å². The lowest BCUT2D eigenvalue weighted by Gasteiger charge is -2.23. The van der Waals surface area contributed by atoms with E-state index >= 15 is 0 Å². The molecular weight excluding hydrogens is 337 g/mol. The summed E-state index contributed by atoms with van der Waals surface area (Å²) in [6, 6.07) is 8.60. The highest BCUT2D eigenvalue weighted by Crippen LogP contribution is 2.23. The van der Waals surface area contributed by atoms with Gasteiger partial charge in [-0.25, -0.2) is 4.39 Å². The molecule has 1 aliphatic rings. The van der Waals surface area contributed by atoms with Gasteiger partial charge in [-0.1, -0.05) is 24.3 Å². The summed E-state index contributed by atoms with van der Waals surface area (Å²) in [6.45, 7) is 0.284. The van der Waals surface area contributed by atoms with Gasteiger partial charge in [-0.15, -0.1) is 0 Å². The second-order valence-corrected chi connectivity index (χ2v) is 6.20. The number of aromatic nitrogens is 1. The van der Waals surface area contributed by atoms with Crippen molar-refractivity contribution in [1.29, 1.82) is 0 Å². The fraction of sp³-hybridized carbons (Fsp3) is 0.316.